The molecule has 0 heterocycles. The minimum Gasteiger partial charge on any atom is -0.483 e. The van der Waals surface area contributed by atoms with Gasteiger partial charge in [0.25, 0.3) is 0 Å². The minimum atomic E-state index is -0.853. The van der Waals surface area contributed by atoms with E-state index in [4.69, 9.17) is 9.47 Å². The standard InChI is InChI=1S/C31H44F2O3/c1-3-5-8-21-11-13-22(14-12-21)23-15-16-26-24(18-23)9-7-10-27(26)31(34)36-25-19-28(32)30(29(33)20-25)35-17-6-4-2/h4,6,19-24,26-27H,3,5,7-18H2,1-2H3/b6-4+. The summed E-state index contributed by atoms with van der Waals surface area (Å²) in [5, 5.41) is 0. The van der Waals surface area contributed by atoms with Crippen molar-refractivity contribution in [3.8, 4) is 11.5 Å². The van der Waals surface area contributed by atoms with E-state index in [0.29, 0.717) is 11.8 Å². The van der Waals surface area contributed by atoms with Crippen LogP contribution in [0.2, 0.25) is 0 Å². The molecule has 0 saturated heterocycles. The lowest BCUT2D eigenvalue weighted by molar-refractivity contribution is -0.144. The molecule has 0 amide bonds. The Morgan fingerprint density at radius 1 is 0.972 bits per heavy atom. The number of esters is 1. The van der Waals surface area contributed by atoms with E-state index >= 15 is 0 Å². The summed E-state index contributed by atoms with van der Waals surface area (Å²) in [6, 6.07) is 2.11. The molecule has 3 aliphatic rings. The summed E-state index contributed by atoms with van der Waals surface area (Å²) in [4.78, 5) is 13.1. The van der Waals surface area contributed by atoms with Gasteiger partial charge in [-0.25, -0.2) is 8.78 Å². The molecule has 3 aliphatic carbocycles. The van der Waals surface area contributed by atoms with Gasteiger partial charge in [0.15, 0.2) is 17.4 Å². The van der Waals surface area contributed by atoms with Gasteiger partial charge in [0.05, 0.1) is 5.92 Å². The lowest BCUT2D eigenvalue weighted by Crippen LogP contribution is -2.40. The first kappa shape index (κ1) is 27.1. The average Bonchev–Trinajstić information content (AvgIpc) is 2.88. The number of hydrogen-bond donors (Lipinski definition) is 0. The summed E-state index contributed by atoms with van der Waals surface area (Å²) >= 11 is 0. The smallest absolute Gasteiger partial charge is 0.314 e. The zero-order valence-corrected chi connectivity index (χ0v) is 22.2. The Balaban J connectivity index is 1.32. The van der Waals surface area contributed by atoms with Crippen molar-refractivity contribution in [3.05, 3.63) is 35.9 Å². The number of halogens is 2. The molecule has 4 rings (SSSR count). The Kier molecular flexibility index (Phi) is 9.84. The van der Waals surface area contributed by atoms with Gasteiger partial charge >= 0.3 is 5.97 Å². The van der Waals surface area contributed by atoms with Crippen LogP contribution in [0, 0.1) is 47.1 Å². The molecule has 3 saturated carbocycles. The van der Waals surface area contributed by atoms with Gasteiger partial charge in [0.2, 0.25) is 0 Å². The van der Waals surface area contributed by atoms with Crippen LogP contribution in [-0.4, -0.2) is 12.6 Å². The van der Waals surface area contributed by atoms with Crippen molar-refractivity contribution in [2.45, 2.75) is 97.3 Å². The molecule has 1 aromatic carbocycles. The Morgan fingerprint density at radius 2 is 1.69 bits per heavy atom. The Labute approximate surface area is 216 Å². The fraction of sp³-hybridized carbons (Fsp3) is 0.710. The van der Waals surface area contributed by atoms with Crippen LogP contribution in [0.25, 0.3) is 0 Å². The lowest BCUT2D eigenvalue weighted by atomic mass is 9.59. The van der Waals surface area contributed by atoms with Gasteiger partial charge in [0.1, 0.15) is 12.4 Å². The van der Waals surface area contributed by atoms with Gasteiger partial charge in [-0.1, -0.05) is 64.0 Å². The number of hydrogen-bond acceptors (Lipinski definition) is 3. The fourth-order valence-corrected chi connectivity index (χ4v) is 7.31. The molecule has 1 aromatic rings. The van der Waals surface area contributed by atoms with Crippen molar-refractivity contribution in [1.82, 2.24) is 0 Å². The largest absolute Gasteiger partial charge is 0.483 e. The van der Waals surface area contributed by atoms with Crippen LogP contribution in [0.4, 0.5) is 8.78 Å². The molecule has 0 spiro atoms. The quantitative estimate of drug-likeness (QED) is 0.193. The van der Waals surface area contributed by atoms with Gasteiger partial charge in [-0.05, 0) is 75.0 Å². The van der Waals surface area contributed by atoms with E-state index in [1.165, 1.54) is 64.2 Å². The van der Waals surface area contributed by atoms with Crippen molar-refractivity contribution in [2.24, 2.45) is 35.5 Å². The Morgan fingerprint density at radius 3 is 2.39 bits per heavy atom. The van der Waals surface area contributed by atoms with Crippen LogP contribution < -0.4 is 9.47 Å². The van der Waals surface area contributed by atoms with E-state index in [1.54, 1.807) is 19.1 Å². The maximum atomic E-state index is 14.4. The molecule has 36 heavy (non-hydrogen) atoms. The minimum absolute atomic E-state index is 0.0793. The number of rotatable bonds is 9. The monoisotopic (exact) mass is 502 g/mol. The molecule has 5 heteroatoms. The lowest BCUT2D eigenvalue weighted by Gasteiger charge is -2.46. The molecule has 0 aliphatic heterocycles. The third-order valence-corrected chi connectivity index (χ3v) is 9.27. The second-order valence-electron chi connectivity index (χ2n) is 11.5. The number of carbonyl (C=O) groups excluding carboxylic acids is 1. The van der Waals surface area contributed by atoms with Gasteiger partial charge in [-0.15, -0.1) is 0 Å². The number of fused-ring (bicyclic) bond motifs is 1. The van der Waals surface area contributed by atoms with E-state index in [2.05, 4.69) is 6.92 Å². The highest BCUT2D eigenvalue weighted by Gasteiger charge is 2.43. The van der Waals surface area contributed by atoms with E-state index < -0.39 is 17.4 Å². The Bertz CT molecular complexity index is 867. The topological polar surface area (TPSA) is 35.5 Å². The van der Waals surface area contributed by atoms with Gasteiger partial charge < -0.3 is 9.47 Å². The van der Waals surface area contributed by atoms with Crippen LogP contribution >= 0.6 is 0 Å². The van der Waals surface area contributed by atoms with Crippen molar-refractivity contribution in [2.75, 3.05) is 6.61 Å². The summed E-state index contributed by atoms with van der Waals surface area (Å²) in [5.41, 5.74) is 0. The zero-order valence-electron chi connectivity index (χ0n) is 22.2. The molecule has 0 N–H and O–H groups in total. The van der Waals surface area contributed by atoms with E-state index in [-0.39, 0.29) is 24.2 Å². The first-order chi connectivity index (χ1) is 17.5. The second kappa shape index (κ2) is 13.1. The average molecular weight is 503 g/mol. The summed E-state index contributed by atoms with van der Waals surface area (Å²) in [5.74, 6) is 0.768. The van der Waals surface area contributed by atoms with Crippen LogP contribution in [0.1, 0.15) is 97.3 Å². The third-order valence-electron chi connectivity index (χ3n) is 9.27. The molecular formula is C31H44F2O3. The van der Waals surface area contributed by atoms with Crippen molar-refractivity contribution in [1.29, 1.82) is 0 Å². The summed E-state index contributed by atoms with van der Waals surface area (Å²) in [6.45, 7) is 4.17. The maximum Gasteiger partial charge on any atom is 0.314 e. The van der Waals surface area contributed by atoms with E-state index in [0.717, 1.165) is 49.1 Å². The molecule has 0 bridgehead atoms. The molecule has 3 fully saturated rings. The van der Waals surface area contributed by atoms with Crippen LogP contribution in [-0.2, 0) is 4.79 Å². The SMILES string of the molecule is C/C=C/COc1c(F)cc(OC(=O)C2CCCC3CC(C4CCC(CCCC)CC4)CCC32)cc1F. The fourth-order valence-electron chi connectivity index (χ4n) is 7.31. The predicted octanol–water partition coefficient (Wildman–Crippen LogP) is 8.65. The van der Waals surface area contributed by atoms with Crippen molar-refractivity contribution < 1.29 is 23.0 Å². The molecule has 3 nitrogen and oxygen atoms in total. The zero-order chi connectivity index (χ0) is 25.5. The number of allylic oxidation sites excluding steroid dienone is 1. The predicted molar refractivity (Wildman–Crippen MR) is 139 cm³/mol. The number of ether oxygens (including phenoxy) is 2. The van der Waals surface area contributed by atoms with Crippen LogP contribution in [0.15, 0.2) is 24.3 Å². The highest BCUT2D eigenvalue weighted by Crippen LogP contribution is 2.50. The molecule has 4 atom stereocenters. The summed E-state index contributed by atoms with van der Waals surface area (Å²) < 4.78 is 39.6. The Hall–Kier alpha value is -1.91. The third kappa shape index (κ3) is 6.69. The second-order valence-corrected chi connectivity index (χ2v) is 11.5. The maximum absolute atomic E-state index is 14.4. The van der Waals surface area contributed by atoms with Crippen molar-refractivity contribution in [3.63, 3.8) is 0 Å². The first-order valence-corrected chi connectivity index (χ1v) is 14.4. The molecule has 4 unspecified atom stereocenters. The molecule has 200 valence electrons. The molecular weight excluding hydrogens is 458 g/mol. The first-order valence-electron chi connectivity index (χ1n) is 14.4. The van der Waals surface area contributed by atoms with Crippen LogP contribution in [0.5, 0.6) is 11.5 Å². The van der Waals surface area contributed by atoms with E-state index in [9.17, 15) is 13.6 Å². The highest BCUT2D eigenvalue weighted by molar-refractivity contribution is 5.75. The normalized spacial score (nSPS) is 30.7. The van der Waals surface area contributed by atoms with Gasteiger partial charge in [0, 0.05) is 12.1 Å². The number of benzene rings is 1. The van der Waals surface area contributed by atoms with E-state index in [1.807, 2.05) is 0 Å². The molecule has 0 aromatic heterocycles. The number of unbranched alkanes of at least 4 members (excludes halogenated alkanes) is 1. The summed E-state index contributed by atoms with van der Waals surface area (Å²) in [7, 11) is 0. The molecule has 0 radical (unpaired) electrons. The van der Waals surface area contributed by atoms with Gasteiger partial charge in [-0.3, -0.25) is 4.79 Å². The van der Waals surface area contributed by atoms with Crippen molar-refractivity contribution >= 4 is 5.97 Å². The van der Waals surface area contributed by atoms with Gasteiger partial charge in [-0.2, -0.15) is 0 Å². The summed E-state index contributed by atoms with van der Waals surface area (Å²) in [6.07, 6.45) is 19.6. The van der Waals surface area contributed by atoms with Crippen LogP contribution in [0.3, 0.4) is 0 Å². The highest BCUT2D eigenvalue weighted by atomic mass is 19.1. The number of carbonyl (C=O) groups is 1.